The second kappa shape index (κ2) is 7.53. The number of fused-ring (bicyclic) bond motifs is 1. The molecule has 0 atom stereocenters. The molecule has 3 aromatic heterocycles. The molecule has 0 bridgehead atoms. The number of rotatable bonds is 4. The van der Waals surface area contributed by atoms with Crippen molar-refractivity contribution in [1.29, 1.82) is 0 Å². The number of benzene rings is 1. The van der Waals surface area contributed by atoms with Gasteiger partial charge >= 0.3 is 0 Å². The minimum atomic E-state index is -0.788. The molecule has 0 aliphatic carbocycles. The number of hydrogen-bond donors (Lipinski definition) is 1. The average molecular weight is 426 g/mol. The van der Waals surface area contributed by atoms with E-state index in [9.17, 15) is 9.18 Å². The Hall–Kier alpha value is -3.69. The molecule has 4 rings (SSSR count). The molecule has 0 radical (unpaired) electrons. The van der Waals surface area contributed by atoms with Gasteiger partial charge in [0, 0.05) is 18.2 Å². The molecule has 0 saturated carbocycles. The van der Waals surface area contributed by atoms with Crippen LogP contribution in [0.25, 0.3) is 16.8 Å². The second-order valence-electron chi connectivity index (χ2n) is 8.13. The molecule has 0 fully saturated rings. The molecular weight excluding hydrogens is 406 g/mol. The molecule has 3 heterocycles. The van der Waals surface area contributed by atoms with Crippen LogP contribution in [-0.2, 0) is 12.0 Å². The predicted octanol–water partition coefficient (Wildman–Crippen LogP) is 3.59. The lowest BCUT2D eigenvalue weighted by Crippen LogP contribution is -2.25. The van der Waals surface area contributed by atoms with Crippen molar-refractivity contribution in [1.82, 2.24) is 30.1 Å². The molecule has 1 aromatic carbocycles. The zero-order valence-corrected chi connectivity index (χ0v) is 17.4. The quantitative estimate of drug-likeness (QED) is 0.536. The van der Waals surface area contributed by atoms with Gasteiger partial charge in [0.25, 0.3) is 11.7 Å². The Kier molecular flexibility index (Phi) is 5.00. The van der Waals surface area contributed by atoms with Gasteiger partial charge < -0.3 is 9.84 Å². The Morgan fingerprint density at radius 3 is 2.77 bits per heavy atom. The molecule has 0 unspecified atom stereocenters. The van der Waals surface area contributed by atoms with E-state index in [4.69, 9.17) is 4.52 Å². The highest BCUT2D eigenvalue weighted by atomic mass is 19.1. The third-order valence-corrected chi connectivity index (χ3v) is 4.85. The Bertz CT molecular complexity index is 1290. The van der Waals surface area contributed by atoms with Gasteiger partial charge in [-0.15, -0.1) is 0 Å². The van der Waals surface area contributed by atoms with Gasteiger partial charge in [-0.05, 0) is 36.2 Å². The van der Waals surface area contributed by atoms with E-state index < -0.39 is 23.0 Å². The van der Waals surface area contributed by atoms with Gasteiger partial charge in [-0.1, -0.05) is 25.9 Å². The maximum absolute atomic E-state index is 15.2. The molecule has 10 heteroatoms. The first-order valence-corrected chi connectivity index (χ1v) is 9.55. The third kappa shape index (κ3) is 3.76. The highest BCUT2D eigenvalue weighted by Crippen LogP contribution is 2.31. The monoisotopic (exact) mass is 426 g/mol. The van der Waals surface area contributed by atoms with Crippen LogP contribution in [0, 0.1) is 18.6 Å². The van der Waals surface area contributed by atoms with E-state index in [2.05, 4.69) is 25.5 Å². The molecule has 31 heavy (non-hydrogen) atoms. The highest BCUT2D eigenvalue weighted by Gasteiger charge is 2.25. The SMILES string of the molecule is Cc1c(CNC(=O)c2noc(C(C)(C)C)n2)cc(F)c(-c2ncnn3cccc23)c1F. The van der Waals surface area contributed by atoms with Crippen molar-refractivity contribution in [3.63, 3.8) is 0 Å². The van der Waals surface area contributed by atoms with Crippen molar-refractivity contribution in [3.05, 3.63) is 65.2 Å². The van der Waals surface area contributed by atoms with Crippen LogP contribution >= 0.6 is 0 Å². The molecule has 8 nitrogen and oxygen atoms in total. The van der Waals surface area contributed by atoms with E-state index >= 15 is 4.39 Å². The van der Waals surface area contributed by atoms with E-state index in [1.54, 1.807) is 18.3 Å². The Labute approximate surface area is 176 Å². The lowest BCUT2D eigenvalue weighted by atomic mass is 9.97. The summed E-state index contributed by atoms with van der Waals surface area (Å²) in [5, 5.41) is 10.3. The lowest BCUT2D eigenvalue weighted by Gasteiger charge is -2.13. The van der Waals surface area contributed by atoms with E-state index in [0.717, 1.165) is 0 Å². The molecule has 160 valence electrons. The van der Waals surface area contributed by atoms with Crippen LogP contribution in [0.3, 0.4) is 0 Å². The summed E-state index contributed by atoms with van der Waals surface area (Å²) >= 11 is 0. The molecule has 1 N–H and O–H groups in total. The number of carbonyl (C=O) groups excluding carboxylic acids is 1. The van der Waals surface area contributed by atoms with Crippen LogP contribution in [-0.4, -0.2) is 30.6 Å². The van der Waals surface area contributed by atoms with Crippen molar-refractivity contribution in [2.75, 3.05) is 0 Å². The van der Waals surface area contributed by atoms with E-state index in [1.165, 1.54) is 23.8 Å². The van der Waals surface area contributed by atoms with Crippen LogP contribution in [0.1, 0.15) is 48.4 Å². The fourth-order valence-corrected chi connectivity index (χ4v) is 3.10. The normalized spacial score (nSPS) is 11.8. The highest BCUT2D eigenvalue weighted by molar-refractivity contribution is 5.90. The van der Waals surface area contributed by atoms with Crippen molar-refractivity contribution in [2.24, 2.45) is 0 Å². The fourth-order valence-electron chi connectivity index (χ4n) is 3.10. The number of hydrogen-bond acceptors (Lipinski definition) is 6. The van der Waals surface area contributed by atoms with E-state index in [0.29, 0.717) is 11.4 Å². The summed E-state index contributed by atoms with van der Waals surface area (Å²) in [6.07, 6.45) is 2.90. The van der Waals surface area contributed by atoms with E-state index in [-0.39, 0.29) is 34.8 Å². The van der Waals surface area contributed by atoms with Crippen LogP contribution < -0.4 is 5.32 Å². The molecule has 4 aromatic rings. The smallest absolute Gasteiger partial charge is 0.292 e. The van der Waals surface area contributed by atoms with Crippen molar-refractivity contribution < 1.29 is 18.1 Å². The summed E-state index contributed by atoms with van der Waals surface area (Å²) in [4.78, 5) is 20.5. The average Bonchev–Trinajstić information content (AvgIpc) is 3.39. The van der Waals surface area contributed by atoms with E-state index in [1.807, 2.05) is 20.8 Å². The minimum absolute atomic E-state index is 0.109. The number of aromatic nitrogens is 5. The third-order valence-electron chi connectivity index (χ3n) is 4.85. The first kappa shape index (κ1) is 20.6. The Morgan fingerprint density at radius 2 is 2.06 bits per heavy atom. The zero-order chi connectivity index (χ0) is 22.3. The maximum atomic E-state index is 15.2. The van der Waals surface area contributed by atoms with Crippen LogP contribution in [0.2, 0.25) is 0 Å². The minimum Gasteiger partial charge on any atom is -0.345 e. The molecule has 0 aliphatic heterocycles. The number of halogens is 2. The lowest BCUT2D eigenvalue weighted by molar-refractivity contribution is 0.0937. The largest absolute Gasteiger partial charge is 0.345 e. The molecular formula is C21H20F2N6O2. The van der Waals surface area contributed by atoms with Gasteiger partial charge in [-0.25, -0.2) is 18.3 Å². The summed E-state index contributed by atoms with van der Waals surface area (Å²) < 4.78 is 36.7. The standard InChI is InChI=1S/C21H20F2N6O2/c1-11-12(9-24-19(30)18-27-20(31-28-18)21(2,3)4)8-13(22)15(16(11)23)17-14-6-5-7-29(14)26-10-25-17/h5-8,10H,9H2,1-4H3,(H,24,30). The molecule has 0 spiro atoms. The summed E-state index contributed by atoms with van der Waals surface area (Å²) in [6, 6.07) is 4.57. The van der Waals surface area contributed by atoms with Gasteiger partial charge in [0.2, 0.25) is 5.89 Å². The molecule has 0 aliphatic rings. The van der Waals surface area contributed by atoms with Crippen LogP contribution in [0.4, 0.5) is 8.78 Å². The van der Waals surface area contributed by atoms with Crippen molar-refractivity contribution in [3.8, 4) is 11.3 Å². The summed E-state index contributed by atoms with van der Waals surface area (Å²) in [5.41, 5.74) is 0.460. The maximum Gasteiger partial charge on any atom is 0.292 e. The summed E-state index contributed by atoms with van der Waals surface area (Å²) in [7, 11) is 0. The zero-order valence-electron chi connectivity index (χ0n) is 17.4. The van der Waals surface area contributed by atoms with Gasteiger partial charge in [0.05, 0.1) is 11.1 Å². The second-order valence-corrected chi connectivity index (χ2v) is 8.13. The van der Waals surface area contributed by atoms with Crippen LogP contribution in [0.15, 0.2) is 35.2 Å². The topological polar surface area (TPSA) is 98.2 Å². The van der Waals surface area contributed by atoms with Crippen molar-refractivity contribution >= 4 is 11.4 Å². The fraction of sp³-hybridized carbons (Fsp3) is 0.286. The first-order chi connectivity index (χ1) is 14.7. The van der Waals surface area contributed by atoms with Crippen molar-refractivity contribution in [2.45, 2.75) is 39.7 Å². The van der Waals surface area contributed by atoms with Gasteiger partial charge in [0.15, 0.2) is 0 Å². The van der Waals surface area contributed by atoms with Gasteiger partial charge in [0.1, 0.15) is 23.7 Å². The summed E-state index contributed by atoms with van der Waals surface area (Å²) in [5.74, 6) is -1.97. The van der Waals surface area contributed by atoms with Crippen LogP contribution in [0.5, 0.6) is 0 Å². The number of amides is 1. The Morgan fingerprint density at radius 1 is 1.29 bits per heavy atom. The predicted molar refractivity (Wildman–Crippen MR) is 107 cm³/mol. The summed E-state index contributed by atoms with van der Waals surface area (Å²) in [6.45, 7) is 7.03. The number of carbonyl (C=O) groups is 1. The number of nitrogens with one attached hydrogen (secondary N) is 1. The Balaban J connectivity index is 1.60. The van der Waals surface area contributed by atoms with Gasteiger partial charge in [-0.2, -0.15) is 10.1 Å². The molecule has 1 amide bonds. The molecule has 0 saturated heterocycles. The van der Waals surface area contributed by atoms with Gasteiger partial charge in [-0.3, -0.25) is 4.79 Å². The number of nitrogens with zero attached hydrogens (tertiary/aromatic N) is 5. The first-order valence-electron chi connectivity index (χ1n) is 9.55.